The van der Waals surface area contributed by atoms with Crippen LogP contribution in [0.1, 0.15) is 83.4 Å². The van der Waals surface area contributed by atoms with Gasteiger partial charge in [-0.3, -0.25) is 4.68 Å². The maximum absolute atomic E-state index is 15.3. The quantitative estimate of drug-likeness (QED) is 0.359. The summed E-state index contributed by atoms with van der Waals surface area (Å²) < 4.78 is 29.1. The minimum Gasteiger partial charge on any atom is -0.396 e. The standard InChI is InChI=1S/C34H45FN4O3/c1-33(2)19-24(20-34(3,4)42-33)17-28(26-6-8-31(36-21-26)38-13-9-23(22-40)10-14-38)25-5-7-30-29(18-25)32(35)37-39(30)27-11-15-41-16-12-27/h5-8,17-18,21,23-24,27,40H,9-16,19-20,22H2,1-4H3. The van der Waals surface area contributed by atoms with Crippen molar-refractivity contribution in [2.75, 3.05) is 37.8 Å². The Morgan fingerprint density at radius 2 is 1.69 bits per heavy atom. The van der Waals surface area contributed by atoms with Gasteiger partial charge in [-0.25, -0.2) is 4.98 Å². The molecule has 0 atom stereocenters. The fourth-order valence-electron chi connectivity index (χ4n) is 7.44. The molecule has 0 unspecified atom stereocenters. The fraction of sp³-hybridized carbons (Fsp3) is 0.588. The molecule has 226 valence electrons. The molecule has 8 heteroatoms. The molecule has 0 bridgehead atoms. The molecular formula is C34H45FN4O3. The predicted octanol–water partition coefficient (Wildman–Crippen LogP) is 6.55. The normalized spacial score (nSPS) is 22.6. The zero-order valence-corrected chi connectivity index (χ0v) is 25.5. The number of ether oxygens (including phenoxy) is 2. The van der Waals surface area contributed by atoms with E-state index in [1.165, 1.54) is 0 Å². The Balaban J connectivity index is 1.37. The Labute approximate surface area is 248 Å². The highest BCUT2D eigenvalue weighted by atomic mass is 19.1. The van der Waals surface area contributed by atoms with Crippen LogP contribution in [-0.4, -0.2) is 64.0 Å². The third kappa shape index (κ3) is 6.26. The van der Waals surface area contributed by atoms with E-state index in [4.69, 9.17) is 14.5 Å². The van der Waals surface area contributed by atoms with Crippen LogP contribution in [0.5, 0.6) is 0 Å². The molecular weight excluding hydrogens is 531 g/mol. The van der Waals surface area contributed by atoms with Gasteiger partial charge in [0.15, 0.2) is 0 Å². The zero-order valence-electron chi connectivity index (χ0n) is 25.5. The SMILES string of the molecule is CC1(C)CC(C=C(c2ccc(N3CCC(CO)CC3)nc2)c2ccc3c(c2)c(F)nn3C2CCOCC2)CC(C)(C)O1. The summed E-state index contributed by atoms with van der Waals surface area (Å²) in [6, 6.07) is 10.5. The molecule has 0 aliphatic carbocycles. The molecule has 2 aromatic heterocycles. The number of hydrogen-bond acceptors (Lipinski definition) is 6. The molecule has 3 saturated heterocycles. The number of pyridine rings is 1. The molecule has 7 nitrogen and oxygen atoms in total. The third-order valence-electron chi connectivity index (χ3n) is 9.23. The van der Waals surface area contributed by atoms with E-state index in [-0.39, 0.29) is 23.9 Å². The van der Waals surface area contributed by atoms with Crippen LogP contribution < -0.4 is 4.90 Å². The minimum absolute atomic E-state index is 0.150. The van der Waals surface area contributed by atoms with Crippen LogP contribution >= 0.6 is 0 Å². The number of aliphatic hydroxyl groups is 1. The van der Waals surface area contributed by atoms with Gasteiger partial charge in [0, 0.05) is 44.7 Å². The minimum atomic E-state index is -0.425. The Morgan fingerprint density at radius 3 is 2.33 bits per heavy atom. The molecule has 3 fully saturated rings. The van der Waals surface area contributed by atoms with Crippen LogP contribution in [-0.2, 0) is 9.47 Å². The lowest BCUT2D eigenvalue weighted by Gasteiger charge is -2.45. The van der Waals surface area contributed by atoms with Gasteiger partial charge in [0.2, 0.25) is 5.95 Å². The molecule has 3 aliphatic heterocycles. The molecule has 6 rings (SSSR count). The molecule has 42 heavy (non-hydrogen) atoms. The second-order valence-corrected chi connectivity index (χ2v) is 13.7. The number of aromatic nitrogens is 3. The number of anilines is 1. The predicted molar refractivity (Wildman–Crippen MR) is 164 cm³/mol. The van der Waals surface area contributed by atoms with E-state index < -0.39 is 5.95 Å². The van der Waals surface area contributed by atoms with Crippen LogP contribution in [0, 0.1) is 17.8 Å². The molecule has 3 aromatic rings. The van der Waals surface area contributed by atoms with Crippen LogP contribution in [0.2, 0.25) is 0 Å². The number of fused-ring (bicyclic) bond motifs is 1. The van der Waals surface area contributed by atoms with Crippen LogP contribution in [0.4, 0.5) is 10.2 Å². The van der Waals surface area contributed by atoms with Gasteiger partial charge in [0.1, 0.15) is 5.82 Å². The second kappa shape index (κ2) is 11.7. The van der Waals surface area contributed by atoms with E-state index in [0.29, 0.717) is 30.4 Å². The van der Waals surface area contributed by atoms with Gasteiger partial charge < -0.3 is 19.5 Å². The second-order valence-electron chi connectivity index (χ2n) is 13.7. The first-order valence-electron chi connectivity index (χ1n) is 15.6. The molecule has 1 aromatic carbocycles. The van der Waals surface area contributed by atoms with E-state index >= 15 is 4.39 Å². The molecule has 0 amide bonds. The van der Waals surface area contributed by atoms with E-state index in [1.54, 1.807) is 0 Å². The lowest BCUT2D eigenvalue weighted by atomic mass is 9.79. The number of allylic oxidation sites excluding steroid dienone is 1. The summed E-state index contributed by atoms with van der Waals surface area (Å²) in [5, 5.41) is 14.4. The maximum Gasteiger partial charge on any atom is 0.240 e. The first-order valence-corrected chi connectivity index (χ1v) is 15.6. The van der Waals surface area contributed by atoms with Crippen LogP contribution in [0.15, 0.2) is 42.6 Å². The topological polar surface area (TPSA) is 72.6 Å². The van der Waals surface area contributed by atoms with E-state index in [2.05, 4.69) is 62.0 Å². The summed E-state index contributed by atoms with van der Waals surface area (Å²) >= 11 is 0. The zero-order chi connectivity index (χ0) is 29.5. The smallest absolute Gasteiger partial charge is 0.240 e. The fourth-order valence-corrected chi connectivity index (χ4v) is 7.44. The van der Waals surface area contributed by atoms with Gasteiger partial charge in [-0.1, -0.05) is 12.1 Å². The maximum atomic E-state index is 15.3. The summed E-state index contributed by atoms with van der Waals surface area (Å²) in [7, 11) is 0. The summed E-state index contributed by atoms with van der Waals surface area (Å²) in [5.74, 6) is 1.21. The first kappa shape index (κ1) is 29.3. The van der Waals surface area contributed by atoms with E-state index in [1.807, 2.05) is 23.0 Å². The van der Waals surface area contributed by atoms with Crippen molar-refractivity contribution in [1.82, 2.24) is 14.8 Å². The van der Waals surface area contributed by atoms with Gasteiger partial charge in [-0.05, 0) is 113 Å². The van der Waals surface area contributed by atoms with Crippen molar-refractivity contribution >= 4 is 22.3 Å². The van der Waals surface area contributed by atoms with Crippen molar-refractivity contribution < 1.29 is 19.0 Å². The highest BCUT2D eigenvalue weighted by molar-refractivity contribution is 5.88. The lowest BCUT2D eigenvalue weighted by molar-refractivity contribution is -0.166. The van der Waals surface area contributed by atoms with Gasteiger partial charge in [0.25, 0.3) is 0 Å². The van der Waals surface area contributed by atoms with Crippen molar-refractivity contribution in [1.29, 1.82) is 0 Å². The summed E-state index contributed by atoms with van der Waals surface area (Å²) in [4.78, 5) is 7.19. The van der Waals surface area contributed by atoms with Gasteiger partial charge in [-0.15, -0.1) is 5.10 Å². The molecule has 0 radical (unpaired) electrons. The Kier molecular flexibility index (Phi) is 8.15. The first-order chi connectivity index (χ1) is 20.1. The number of aliphatic hydroxyl groups excluding tert-OH is 1. The monoisotopic (exact) mass is 576 g/mol. The van der Waals surface area contributed by atoms with Crippen molar-refractivity contribution in [2.24, 2.45) is 11.8 Å². The highest BCUT2D eigenvalue weighted by Gasteiger charge is 2.38. The Morgan fingerprint density at radius 1 is 1.00 bits per heavy atom. The molecule has 0 saturated carbocycles. The van der Waals surface area contributed by atoms with Crippen molar-refractivity contribution in [3.63, 3.8) is 0 Å². The summed E-state index contributed by atoms with van der Waals surface area (Å²) in [5.41, 5.74) is 3.40. The number of benzene rings is 1. The van der Waals surface area contributed by atoms with Gasteiger partial charge in [0.05, 0.1) is 28.1 Å². The Bertz CT molecular complexity index is 1400. The average Bonchev–Trinajstić information content (AvgIpc) is 3.30. The molecule has 5 heterocycles. The van der Waals surface area contributed by atoms with E-state index in [9.17, 15) is 5.11 Å². The number of hydrogen-bond donors (Lipinski definition) is 1. The highest BCUT2D eigenvalue weighted by Crippen LogP contribution is 2.41. The molecule has 0 spiro atoms. The summed E-state index contributed by atoms with van der Waals surface area (Å²) in [6.07, 6.45) is 9.77. The largest absolute Gasteiger partial charge is 0.396 e. The van der Waals surface area contributed by atoms with E-state index in [0.717, 1.165) is 79.6 Å². The third-order valence-corrected chi connectivity index (χ3v) is 9.23. The van der Waals surface area contributed by atoms with Gasteiger partial charge in [-0.2, -0.15) is 4.39 Å². The van der Waals surface area contributed by atoms with Crippen molar-refractivity contribution in [3.05, 3.63) is 59.7 Å². The van der Waals surface area contributed by atoms with Crippen molar-refractivity contribution in [3.8, 4) is 0 Å². The van der Waals surface area contributed by atoms with Crippen LogP contribution in [0.3, 0.4) is 0 Å². The summed E-state index contributed by atoms with van der Waals surface area (Å²) in [6.45, 7) is 12.1. The number of piperidine rings is 1. The number of nitrogens with zero attached hydrogens (tertiary/aromatic N) is 4. The Hall–Kier alpha value is -2.81. The lowest BCUT2D eigenvalue weighted by Crippen LogP contribution is -2.44. The van der Waals surface area contributed by atoms with Crippen LogP contribution in [0.25, 0.3) is 16.5 Å². The molecule has 3 aliphatic rings. The average molecular weight is 577 g/mol. The van der Waals surface area contributed by atoms with Crippen molar-refractivity contribution in [2.45, 2.75) is 83.5 Å². The number of rotatable bonds is 6. The number of halogens is 1. The molecule has 1 N–H and O–H groups in total. The van der Waals surface area contributed by atoms with Gasteiger partial charge >= 0.3 is 0 Å².